The molecule has 1 aromatic heterocycles. The number of hydrogen-bond donors (Lipinski definition) is 1. The minimum atomic E-state index is -0.252. The topological polar surface area (TPSA) is 94.1 Å². The van der Waals surface area contributed by atoms with Crippen LogP contribution >= 0.6 is 0 Å². The van der Waals surface area contributed by atoms with Gasteiger partial charge in [-0.1, -0.05) is 17.3 Å². The molecule has 0 radical (unpaired) electrons. The molecule has 7 heteroatoms. The molecule has 0 bridgehead atoms. The largest absolute Gasteiger partial charge is 0.330 e. The first-order chi connectivity index (χ1) is 10.2. The number of rotatable bonds is 5. The highest BCUT2D eigenvalue weighted by molar-refractivity contribution is 6.21. The Labute approximate surface area is 121 Å². The zero-order valence-corrected chi connectivity index (χ0v) is 11.4. The molecule has 0 fully saturated rings. The van der Waals surface area contributed by atoms with E-state index in [9.17, 15) is 9.59 Å². The number of aromatic nitrogens is 3. The summed E-state index contributed by atoms with van der Waals surface area (Å²) in [4.78, 5) is 25.6. The SMILES string of the molecule is NCCc1cn(CCN2C(=O)c3ccccc3C2=O)nn1. The van der Waals surface area contributed by atoms with Gasteiger partial charge in [-0.25, -0.2) is 0 Å². The molecule has 1 aliphatic rings. The van der Waals surface area contributed by atoms with Crippen molar-refractivity contribution < 1.29 is 9.59 Å². The molecule has 2 amide bonds. The van der Waals surface area contributed by atoms with Crippen LogP contribution in [-0.4, -0.2) is 44.8 Å². The zero-order valence-electron chi connectivity index (χ0n) is 11.4. The van der Waals surface area contributed by atoms with Crippen molar-refractivity contribution >= 4 is 11.8 Å². The van der Waals surface area contributed by atoms with Gasteiger partial charge in [0.25, 0.3) is 11.8 Å². The summed E-state index contributed by atoms with van der Waals surface area (Å²) in [6.45, 7) is 1.21. The molecule has 2 aromatic rings. The van der Waals surface area contributed by atoms with E-state index in [-0.39, 0.29) is 18.4 Å². The molecule has 0 saturated carbocycles. The van der Waals surface area contributed by atoms with Gasteiger partial charge in [-0.3, -0.25) is 19.2 Å². The summed E-state index contributed by atoms with van der Waals surface area (Å²) >= 11 is 0. The van der Waals surface area contributed by atoms with Crippen LogP contribution in [0.4, 0.5) is 0 Å². The molecule has 2 heterocycles. The van der Waals surface area contributed by atoms with Crippen LogP contribution in [0.3, 0.4) is 0 Å². The maximum atomic E-state index is 12.2. The average molecular weight is 285 g/mol. The lowest BCUT2D eigenvalue weighted by Gasteiger charge is -2.13. The van der Waals surface area contributed by atoms with Crippen LogP contribution in [0.2, 0.25) is 0 Å². The molecular formula is C14H15N5O2. The highest BCUT2D eigenvalue weighted by Crippen LogP contribution is 2.22. The van der Waals surface area contributed by atoms with Crippen molar-refractivity contribution in [1.29, 1.82) is 0 Å². The number of nitrogens with zero attached hydrogens (tertiary/aromatic N) is 4. The Bertz CT molecular complexity index is 659. The fourth-order valence-corrected chi connectivity index (χ4v) is 2.35. The predicted molar refractivity (Wildman–Crippen MR) is 74.6 cm³/mol. The molecule has 21 heavy (non-hydrogen) atoms. The van der Waals surface area contributed by atoms with E-state index in [1.54, 1.807) is 35.1 Å². The van der Waals surface area contributed by atoms with E-state index in [0.717, 1.165) is 5.69 Å². The van der Waals surface area contributed by atoms with Crippen LogP contribution in [0.25, 0.3) is 0 Å². The normalized spacial score (nSPS) is 13.9. The second-order valence-electron chi connectivity index (χ2n) is 4.82. The molecule has 0 unspecified atom stereocenters. The molecule has 2 N–H and O–H groups in total. The minimum Gasteiger partial charge on any atom is -0.330 e. The van der Waals surface area contributed by atoms with Crippen LogP contribution < -0.4 is 5.73 Å². The van der Waals surface area contributed by atoms with Crippen molar-refractivity contribution in [1.82, 2.24) is 19.9 Å². The number of amides is 2. The summed E-state index contributed by atoms with van der Waals surface area (Å²) in [5, 5.41) is 7.93. The Morgan fingerprint density at radius 2 is 1.71 bits per heavy atom. The van der Waals surface area contributed by atoms with E-state index < -0.39 is 0 Å². The van der Waals surface area contributed by atoms with Gasteiger partial charge in [0.2, 0.25) is 0 Å². The van der Waals surface area contributed by atoms with Crippen LogP contribution in [-0.2, 0) is 13.0 Å². The standard InChI is InChI=1S/C14H15N5O2/c15-6-5-10-9-18(17-16-10)7-8-19-13(20)11-3-1-2-4-12(11)14(19)21/h1-4,9H,5-8,15H2. The summed E-state index contributed by atoms with van der Waals surface area (Å²) < 4.78 is 1.62. The second-order valence-corrected chi connectivity index (χ2v) is 4.82. The van der Waals surface area contributed by atoms with E-state index >= 15 is 0 Å². The minimum absolute atomic E-state index is 0.252. The molecule has 0 atom stereocenters. The fourth-order valence-electron chi connectivity index (χ4n) is 2.35. The highest BCUT2D eigenvalue weighted by atomic mass is 16.2. The first-order valence-corrected chi connectivity index (χ1v) is 6.75. The van der Waals surface area contributed by atoms with Gasteiger partial charge in [-0.2, -0.15) is 0 Å². The number of carbonyl (C=O) groups excluding carboxylic acids is 2. The molecule has 7 nitrogen and oxygen atoms in total. The van der Waals surface area contributed by atoms with Gasteiger partial charge in [-0.05, 0) is 18.7 Å². The first-order valence-electron chi connectivity index (χ1n) is 6.75. The maximum absolute atomic E-state index is 12.2. The number of nitrogens with two attached hydrogens (primary N) is 1. The van der Waals surface area contributed by atoms with E-state index in [1.807, 2.05) is 0 Å². The third kappa shape index (κ3) is 2.43. The quantitative estimate of drug-likeness (QED) is 0.785. The molecule has 1 aliphatic heterocycles. The Kier molecular flexibility index (Phi) is 3.49. The number of fused-ring (bicyclic) bond motifs is 1. The van der Waals surface area contributed by atoms with E-state index in [4.69, 9.17) is 5.73 Å². The van der Waals surface area contributed by atoms with Gasteiger partial charge in [0, 0.05) is 19.2 Å². The second kappa shape index (κ2) is 5.45. The van der Waals surface area contributed by atoms with Crippen molar-refractivity contribution in [3.63, 3.8) is 0 Å². The Morgan fingerprint density at radius 3 is 2.33 bits per heavy atom. The number of hydrogen-bond acceptors (Lipinski definition) is 5. The summed E-state index contributed by atoms with van der Waals surface area (Å²) in [5.41, 5.74) is 7.19. The summed E-state index contributed by atoms with van der Waals surface area (Å²) in [6.07, 6.45) is 2.44. The fraction of sp³-hybridized carbons (Fsp3) is 0.286. The van der Waals surface area contributed by atoms with Crippen LogP contribution in [0.15, 0.2) is 30.5 Å². The Hall–Kier alpha value is -2.54. The molecular weight excluding hydrogens is 270 g/mol. The summed E-state index contributed by atoms with van der Waals surface area (Å²) in [6, 6.07) is 6.85. The Morgan fingerprint density at radius 1 is 1.05 bits per heavy atom. The van der Waals surface area contributed by atoms with Gasteiger partial charge in [0.1, 0.15) is 0 Å². The van der Waals surface area contributed by atoms with E-state index in [2.05, 4.69) is 10.3 Å². The molecule has 108 valence electrons. The first kappa shape index (κ1) is 13.4. The van der Waals surface area contributed by atoms with Crippen molar-refractivity contribution in [3.05, 3.63) is 47.3 Å². The maximum Gasteiger partial charge on any atom is 0.261 e. The van der Waals surface area contributed by atoms with E-state index in [0.29, 0.717) is 30.6 Å². The lowest BCUT2D eigenvalue weighted by molar-refractivity contribution is 0.0647. The third-order valence-corrected chi connectivity index (χ3v) is 3.42. The van der Waals surface area contributed by atoms with Crippen molar-refractivity contribution in [3.8, 4) is 0 Å². The lowest BCUT2D eigenvalue weighted by atomic mass is 10.1. The molecule has 1 aromatic carbocycles. The number of carbonyl (C=O) groups is 2. The van der Waals surface area contributed by atoms with Crippen LogP contribution in [0.1, 0.15) is 26.4 Å². The number of imide groups is 1. The van der Waals surface area contributed by atoms with Crippen LogP contribution in [0.5, 0.6) is 0 Å². The van der Waals surface area contributed by atoms with Gasteiger partial charge < -0.3 is 5.73 Å². The third-order valence-electron chi connectivity index (χ3n) is 3.42. The number of benzene rings is 1. The lowest BCUT2D eigenvalue weighted by Crippen LogP contribution is -2.33. The summed E-state index contributed by atoms with van der Waals surface area (Å²) in [7, 11) is 0. The average Bonchev–Trinajstić information content (AvgIpc) is 3.03. The molecule has 0 saturated heterocycles. The van der Waals surface area contributed by atoms with Crippen molar-refractivity contribution in [2.24, 2.45) is 5.73 Å². The molecule has 0 aliphatic carbocycles. The molecule has 0 spiro atoms. The zero-order chi connectivity index (χ0) is 14.8. The summed E-state index contributed by atoms with van der Waals surface area (Å²) in [5.74, 6) is -0.504. The van der Waals surface area contributed by atoms with Crippen LogP contribution in [0, 0.1) is 0 Å². The Balaban J connectivity index is 1.69. The van der Waals surface area contributed by atoms with Gasteiger partial charge in [-0.15, -0.1) is 5.10 Å². The van der Waals surface area contributed by atoms with Gasteiger partial charge in [0.05, 0.1) is 23.4 Å². The van der Waals surface area contributed by atoms with Gasteiger partial charge >= 0.3 is 0 Å². The van der Waals surface area contributed by atoms with Gasteiger partial charge in [0.15, 0.2) is 0 Å². The van der Waals surface area contributed by atoms with Crippen molar-refractivity contribution in [2.45, 2.75) is 13.0 Å². The highest BCUT2D eigenvalue weighted by Gasteiger charge is 2.34. The monoisotopic (exact) mass is 285 g/mol. The van der Waals surface area contributed by atoms with E-state index in [1.165, 1.54) is 4.90 Å². The smallest absolute Gasteiger partial charge is 0.261 e. The molecule has 3 rings (SSSR count). The predicted octanol–water partition coefficient (Wildman–Crippen LogP) is 0.0755. The van der Waals surface area contributed by atoms with Crippen molar-refractivity contribution in [2.75, 3.05) is 13.1 Å².